The molecular formula is C15H19N5OS. The number of carbonyl (C=O) groups is 1. The molecule has 0 fully saturated rings. The third kappa shape index (κ3) is 4.17. The first-order chi connectivity index (χ1) is 10.8. The molecule has 0 spiro atoms. The van der Waals surface area contributed by atoms with Gasteiger partial charge in [0.05, 0.1) is 5.75 Å². The average Bonchev–Trinajstić information content (AvgIpc) is 2.95. The Bertz CT molecular complexity index is 626. The van der Waals surface area contributed by atoms with Gasteiger partial charge in [0.15, 0.2) is 11.0 Å². The SMILES string of the molecule is C=CCNC(=O)CSc1nnc(-c2ccncc2)n1CCC. The second-order valence-electron chi connectivity index (χ2n) is 4.58. The molecule has 0 atom stereocenters. The van der Waals surface area contributed by atoms with Crippen molar-refractivity contribution >= 4 is 17.7 Å². The first-order valence-electron chi connectivity index (χ1n) is 7.10. The highest BCUT2D eigenvalue weighted by Crippen LogP contribution is 2.23. The molecule has 0 aliphatic heterocycles. The number of amides is 1. The van der Waals surface area contributed by atoms with Crippen LogP contribution in [0.5, 0.6) is 0 Å². The van der Waals surface area contributed by atoms with Crippen molar-refractivity contribution in [3.63, 3.8) is 0 Å². The first-order valence-corrected chi connectivity index (χ1v) is 8.08. The summed E-state index contributed by atoms with van der Waals surface area (Å²) in [4.78, 5) is 15.7. The molecule has 0 unspecified atom stereocenters. The van der Waals surface area contributed by atoms with E-state index < -0.39 is 0 Å². The number of hydrogen-bond acceptors (Lipinski definition) is 5. The number of nitrogens with zero attached hydrogens (tertiary/aromatic N) is 4. The van der Waals surface area contributed by atoms with E-state index in [9.17, 15) is 4.79 Å². The zero-order chi connectivity index (χ0) is 15.8. The highest BCUT2D eigenvalue weighted by molar-refractivity contribution is 7.99. The number of thioether (sulfide) groups is 1. The molecule has 1 amide bonds. The minimum absolute atomic E-state index is 0.0404. The van der Waals surface area contributed by atoms with Gasteiger partial charge >= 0.3 is 0 Å². The zero-order valence-electron chi connectivity index (χ0n) is 12.5. The standard InChI is InChI=1S/C15H19N5OS/c1-3-7-17-13(21)11-22-15-19-18-14(20(15)10-4-2)12-5-8-16-9-6-12/h3,5-6,8-9H,1,4,7,10-11H2,2H3,(H,17,21). The number of nitrogens with one attached hydrogen (secondary N) is 1. The maximum Gasteiger partial charge on any atom is 0.230 e. The molecule has 2 aromatic heterocycles. The van der Waals surface area contributed by atoms with Crippen LogP contribution in [-0.2, 0) is 11.3 Å². The Labute approximate surface area is 134 Å². The molecular weight excluding hydrogens is 298 g/mol. The van der Waals surface area contributed by atoms with Gasteiger partial charge in [-0.05, 0) is 18.6 Å². The van der Waals surface area contributed by atoms with Crippen LogP contribution < -0.4 is 5.32 Å². The van der Waals surface area contributed by atoms with E-state index in [0.717, 1.165) is 29.5 Å². The van der Waals surface area contributed by atoms with E-state index in [0.29, 0.717) is 12.3 Å². The summed E-state index contributed by atoms with van der Waals surface area (Å²) in [5.74, 6) is 1.08. The van der Waals surface area contributed by atoms with E-state index in [1.807, 2.05) is 16.7 Å². The molecule has 2 aromatic rings. The summed E-state index contributed by atoms with van der Waals surface area (Å²) in [6.45, 7) is 6.95. The van der Waals surface area contributed by atoms with Gasteiger partial charge in [0.2, 0.25) is 5.91 Å². The van der Waals surface area contributed by atoms with Gasteiger partial charge in [0.1, 0.15) is 0 Å². The van der Waals surface area contributed by atoms with E-state index >= 15 is 0 Å². The Morgan fingerprint density at radius 3 is 2.86 bits per heavy atom. The summed E-state index contributed by atoms with van der Waals surface area (Å²) < 4.78 is 2.04. The summed E-state index contributed by atoms with van der Waals surface area (Å²) >= 11 is 1.39. The van der Waals surface area contributed by atoms with Crippen molar-refractivity contribution < 1.29 is 4.79 Å². The quantitative estimate of drug-likeness (QED) is 0.596. The van der Waals surface area contributed by atoms with E-state index in [1.165, 1.54) is 11.8 Å². The van der Waals surface area contributed by atoms with Crippen molar-refractivity contribution in [1.82, 2.24) is 25.1 Å². The van der Waals surface area contributed by atoms with Gasteiger partial charge in [-0.25, -0.2) is 0 Å². The minimum atomic E-state index is -0.0404. The van der Waals surface area contributed by atoms with Gasteiger partial charge in [-0.1, -0.05) is 24.8 Å². The molecule has 0 aliphatic rings. The van der Waals surface area contributed by atoms with Crippen LogP contribution in [0.1, 0.15) is 13.3 Å². The maximum absolute atomic E-state index is 11.7. The second kappa shape index (κ2) is 8.33. The van der Waals surface area contributed by atoms with Crippen LogP contribution in [-0.4, -0.2) is 38.0 Å². The summed E-state index contributed by atoms with van der Waals surface area (Å²) in [6, 6.07) is 3.81. The van der Waals surface area contributed by atoms with Crippen molar-refractivity contribution in [1.29, 1.82) is 0 Å². The van der Waals surface area contributed by atoms with E-state index in [1.54, 1.807) is 18.5 Å². The fourth-order valence-corrected chi connectivity index (χ4v) is 2.70. The Balaban J connectivity index is 2.13. The third-order valence-electron chi connectivity index (χ3n) is 2.88. The lowest BCUT2D eigenvalue weighted by Gasteiger charge is -2.08. The maximum atomic E-state index is 11.7. The Morgan fingerprint density at radius 1 is 1.41 bits per heavy atom. The van der Waals surface area contributed by atoms with Crippen molar-refractivity contribution in [2.45, 2.75) is 25.0 Å². The summed E-state index contributed by atoms with van der Waals surface area (Å²) in [5.41, 5.74) is 0.971. The monoisotopic (exact) mass is 317 g/mol. The van der Waals surface area contributed by atoms with Crippen LogP contribution in [0, 0.1) is 0 Å². The Morgan fingerprint density at radius 2 is 2.18 bits per heavy atom. The fraction of sp³-hybridized carbons (Fsp3) is 0.333. The molecule has 2 heterocycles. The largest absolute Gasteiger partial charge is 0.352 e. The summed E-state index contributed by atoms with van der Waals surface area (Å²) in [5, 5.41) is 12.0. The lowest BCUT2D eigenvalue weighted by molar-refractivity contribution is -0.118. The van der Waals surface area contributed by atoms with Gasteiger partial charge in [0.25, 0.3) is 0 Å². The molecule has 0 bridgehead atoms. The summed E-state index contributed by atoms with van der Waals surface area (Å²) in [7, 11) is 0. The van der Waals surface area contributed by atoms with Crippen LogP contribution in [0.4, 0.5) is 0 Å². The van der Waals surface area contributed by atoms with Crippen LogP contribution in [0.15, 0.2) is 42.3 Å². The highest BCUT2D eigenvalue weighted by Gasteiger charge is 2.14. The average molecular weight is 317 g/mol. The predicted octanol–water partition coefficient (Wildman–Crippen LogP) is 2.14. The van der Waals surface area contributed by atoms with Crippen molar-refractivity contribution in [3.05, 3.63) is 37.2 Å². The molecule has 0 saturated carbocycles. The normalized spacial score (nSPS) is 10.4. The van der Waals surface area contributed by atoms with Crippen LogP contribution >= 0.6 is 11.8 Å². The molecule has 1 N–H and O–H groups in total. The molecule has 22 heavy (non-hydrogen) atoms. The van der Waals surface area contributed by atoms with E-state index in [-0.39, 0.29) is 5.91 Å². The number of pyridine rings is 1. The van der Waals surface area contributed by atoms with Gasteiger partial charge < -0.3 is 9.88 Å². The minimum Gasteiger partial charge on any atom is -0.352 e. The van der Waals surface area contributed by atoms with Gasteiger partial charge in [-0.3, -0.25) is 9.78 Å². The Kier molecular flexibility index (Phi) is 6.14. The van der Waals surface area contributed by atoms with E-state index in [2.05, 4.69) is 34.0 Å². The molecule has 0 saturated heterocycles. The number of aromatic nitrogens is 4. The van der Waals surface area contributed by atoms with Crippen molar-refractivity contribution in [2.24, 2.45) is 0 Å². The molecule has 0 aromatic carbocycles. The molecule has 6 nitrogen and oxygen atoms in total. The lowest BCUT2D eigenvalue weighted by Crippen LogP contribution is -2.25. The number of hydrogen-bond donors (Lipinski definition) is 1. The number of carbonyl (C=O) groups excluding carboxylic acids is 1. The van der Waals surface area contributed by atoms with Crippen molar-refractivity contribution in [2.75, 3.05) is 12.3 Å². The van der Waals surface area contributed by atoms with Gasteiger partial charge in [-0.2, -0.15) is 0 Å². The topological polar surface area (TPSA) is 72.7 Å². The zero-order valence-corrected chi connectivity index (χ0v) is 13.3. The van der Waals surface area contributed by atoms with Gasteiger partial charge in [-0.15, -0.1) is 16.8 Å². The van der Waals surface area contributed by atoms with Crippen LogP contribution in [0.25, 0.3) is 11.4 Å². The van der Waals surface area contributed by atoms with Crippen LogP contribution in [0.2, 0.25) is 0 Å². The highest BCUT2D eigenvalue weighted by atomic mass is 32.2. The lowest BCUT2D eigenvalue weighted by atomic mass is 10.2. The molecule has 2 rings (SSSR count). The van der Waals surface area contributed by atoms with E-state index in [4.69, 9.17) is 0 Å². The smallest absolute Gasteiger partial charge is 0.230 e. The van der Waals surface area contributed by atoms with Gasteiger partial charge in [0, 0.05) is 31.0 Å². The second-order valence-corrected chi connectivity index (χ2v) is 5.52. The fourth-order valence-electron chi connectivity index (χ4n) is 1.90. The molecule has 116 valence electrons. The van der Waals surface area contributed by atoms with Crippen molar-refractivity contribution in [3.8, 4) is 11.4 Å². The Hall–Kier alpha value is -2.15. The first kappa shape index (κ1) is 16.2. The summed E-state index contributed by atoms with van der Waals surface area (Å²) in [6.07, 6.45) is 6.09. The molecule has 0 radical (unpaired) electrons. The number of rotatable bonds is 8. The molecule has 0 aliphatic carbocycles. The predicted molar refractivity (Wildman–Crippen MR) is 87.5 cm³/mol. The van der Waals surface area contributed by atoms with Crippen LogP contribution in [0.3, 0.4) is 0 Å². The molecule has 7 heteroatoms. The third-order valence-corrected chi connectivity index (χ3v) is 3.85.